The second-order valence-electron chi connectivity index (χ2n) is 6.37. The molecule has 1 aromatic carbocycles. The topological polar surface area (TPSA) is 88.3 Å². The number of halogens is 2. The number of hydrogen-bond donors (Lipinski definition) is 2. The van der Waals surface area contributed by atoms with Crippen molar-refractivity contribution < 1.29 is 9.59 Å². The number of amides is 2. The van der Waals surface area contributed by atoms with Crippen molar-refractivity contribution in [1.29, 1.82) is 0 Å². The van der Waals surface area contributed by atoms with Crippen LogP contribution in [-0.4, -0.2) is 40.8 Å². The predicted molar refractivity (Wildman–Crippen MR) is 113 cm³/mol. The molecule has 3 N–H and O–H groups in total. The highest BCUT2D eigenvalue weighted by Gasteiger charge is 2.31. The molecule has 6 nitrogen and oxygen atoms in total. The minimum Gasteiger partial charge on any atom is -0.339 e. The number of nitrogens with zero attached hydrogens (tertiary/aromatic N) is 2. The van der Waals surface area contributed by atoms with Gasteiger partial charge in [-0.3, -0.25) is 14.9 Å². The van der Waals surface area contributed by atoms with Crippen molar-refractivity contribution in [3.05, 3.63) is 47.0 Å². The van der Waals surface area contributed by atoms with E-state index in [1.54, 1.807) is 12.1 Å². The fourth-order valence-electron chi connectivity index (χ4n) is 3.12. The monoisotopic (exact) mass is 430 g/mol. The van der Waals surface area contributed by atoms with E-state index in [4.69, 9.17) is 5.73 Å². The Bertz CT molecular complexity index is 757. The van der Waals surface area contributed by atoms with Gasteiger partial charge in [0.2, 0.25) is 5.91 Å². The predicted octanol–water partition coefficient (Wildman–Crippen LogP) is 2.98. The van der Waals surface area contributed by atoms with E-state index in [0.29, 0.717) is 28.9 Å². The quantitative estimate of drug-likeness (QED) is 0.762. The summed E-state index contributed by atoms with van der Waals surface area (Å²) in [5.74, 6) is 0.247. The standard InChI is InChI=1S/C18H22N4O2S.2ClH/c1-12-7-13(9-19)10-22(12)16(23)8-15-11-25-18(20-15)21-17(24)14-5-3-2-4-6-14;;/h2-6,11-13H,7-10,19H2,1H3,(H,20,21,24);2*1H. The van der Waals surface area contributed by atoms with Crippen LogP contribution in [0.2, 0.25) is 0 Å². The molecule has 1 fully saturated rings. The highest BCUT2D eigenvalue weighted by molar-refractivity contribution is 7.14. The maximum absolute atomic E-state index is 12.5. The number of anilines is 1. The third-order valence-corrected chi connectivity index (χ3v) is 5.26. The highest BCUT2D eigenvalue weighted by Crippen LogP contribution is 2.24. The Hall–Kier alpha value is -1.67. The number of benzene rings is 1. The molecule has 0 bridgehead atoms. The molecule has 0 aliphatic carbocycles. The number of likely N-dealkylation sites (tertiary alicyclic amines) is 1. The molecule has 0 saturated carbocycles. The molecule has 2 atom stereocenters. The normalized spacial score (nSPS) is 18.4. The summed E-state index contributed by atoms with van der Waals surface area (Å²) in [6.45, 7) is 3.39. The first-order valence-electron chi connectivity index (χ1n) is 8.37. The fourth-order valence-corrected chi connectivity index (χ4v) is 3.83. The van der Waals surface area contributed by atoms with E-state index in [0.717, 1.165) is 13.0 Å². The second kappa shape index (κ2) is 10.6. The first-order chi connectivity index (χ1) is 12.1. The van der Waals surface area contributed by atoms with Gasteiger partial charge in [-0.15, -0.1) is 36.2 Å². The van der Waals surface area contributed by atoms with Crippen molar-refractivity contribution in [3.8, 4) is 0 Å². The van der Waals surface area contributed by atoms with Gasteiger partial charge in [-0.25, -0.2) is 4.98 Å². The second-order valence-corrected chi connectivity index (χ2v) is 7.23. The molecule has 1 saturated heterocycles. The van der Waals surface area contributed by atoms with E-state index in [-0.39, 0.29) is 49.1 Å². The van der Waals surface area contributed by atoms with Crippen LogP contribution in [0.5, 0.6) is 0 Å². The summed E-state index contributed by atoms with van der Waals surface area (Å²) in [5, 5.41) is 5.10. The van der Waals surface area contributed by atoms with E-state index in [2.05, 4.69) is 17.2 Å². The summed E-state index contributed by atoms with van der Waals surface area (Å²) < 4.78 is 0. The van der Waals surface area contributed by atoms with Crippen LogP contribution >= 0.6 is 36.2 Å². The number of hydrogen-bond acceptors (Lipinski definition) is 5. The lowest BCUT2D eigenvalue weighted by Crippen LogP contribution is -2.35. The molecule has 2 unspecified atom stereocenters. The summed E-state index contributed by atoms with van der Waals surface area (Å²) in [4.78, 5) is 30.9. The summed E-state index contributed by atoms with van der Waals surface area (Å²) in [5.41, 5.74) is 6.98. The van der Waals surface area contributed by atoms with E-state index >= 15 is 0 Å². The van der Waals surface area contributed by atoms with Gasteiger partial charge in [-0.1, -0.05) is 18.2 Å². The molecular weight excluding hydrogens is 407 g/mol. The van der Waals surface area contributed by atoms with Crippen LogP contribution in [0.4, 0.5) is 5.13 Å². The van der Waals surface area contributed by atoms with Crippen molar-refractivity contribution in [1.82, 2.24) is 9.88 Å². The summed E-state index contributed by atoms with van der Waals surface area (Å²) in [6, 6.07) is 9.20. The molecule has 0 radical (unpaired) electrons. The van der Waals surface area contributed by atoms with E-state index < -0.39 is 0 Å². The molecule has 2 heterocycles. The van der Waals surface area contributed by atoms with Crippen LogP contribution in [-0.2, 0) is 11.2 Å². The number of carbonyl (C=O) groups is 2. The first kappa shape index (κ1) is 23.4. The van der Waals surface area contributed by atoms with Gasteiger partial charge >= 0.3 is 0 Å². The average molecular weight is 431 g/mol. The molecule has 27 heavy (non-hydrogen) atoms. The van der Waals surface area contributed by atoms with Gasteiger partial charge < -0.3 is 10.6 Å². The number of rotatable bonds is 5. The fraction of sp³-hybridized carbons (Fsp3) is 0.389. The maximum Gasteiger partial charge on any atom is 0.257 e. The lowest BCUT2D eigenvalue weighted by atomic mass is 10.1. The lowest BCUT2D eigenvalue weighted by Gasteiger charge is -2.21. The van der Waals surface area contributed by atoms with Crippen molar-refractivity contribution in [2.24, 2.45) is 11.7 Å². The molecule has 1 aliphatic heterocycles. The number of carbonyl (C=O) groups excluding carboxylic acids is 2. The summed E-state index contributed by atoms with van der Waals surface area (Å²) >= 11 is 1.33. The molecule has 1 aliphatic rings. The van der Waals surface area contributed by atoms with Gasteiger partial charge in [0.05, 0.1) is 12.1 Å². The molecule has 2 amide bonds. The highest BCUT2D eigenvalue weighted by atomic mass is 35.5. The minimum absolute atomic E-state index is 0. The van der Waals surface area contributed by atoms with E-state index in [1.165, 1.54) is 11.3 Å². The molecule has 3 rings (SSSR count). The van der Waals surface area contributed by atoms with Crippen LogP contribution in [0.25, 0.3) is 0 Å². The zero-order valence-corrected chi connectivity index (χ0v) is 17.4. The number of thiazole rings is 1. The van der Waals surface area contributed by atoms with Gasteiger partial charge in [-0.05, 0) is 37.9 Å². The average Bonchev–Trinajstić information content (AvgIpc) is 3.21. The largest absolute Gasteiger partial charge is 0.339 e. The molecule has 2 aromatic rings. The Kier molecular flexibility index (Phi) is 9.18. The summed E-state index contributed by atoms with van der Waals surface area (Å²) in [7, 11) is 0. The maximum atomic E-state index is 12.5. The van der Waals surface area contributed by atoms with Crippen LogP contribution in [0.15, 0.2) is 35.7 Å². The van der Waals surface area contributed by atoms with Gasteiger partial charge in [-0.2, -0.15) is 0 Å². The summed E-state index contributed by atoms with van der Waals surface area (Å²) in [6.07, 6.45) is 1.21. The molecular formula is C18H24Cl2N4O2S. The molecule has 9 heteroatoms. The van der Waals surface area contributed by atoms with Crippen molar-refractivity contribution in [3.63, 3.8) is 0 Å². The Labute approximate surface area is 175 Å². The van der Waals surface area contributed by atoms with Crippen molar-refractivity contribution >= 4 is 53.1 Å². The van der Waals surface area contributed by atoms with Crippen LogP contribution in [0.3, 0.4) is 0 Å². The third-order valence-electron chi connectivity index (χ3n) is 4.46. The third kappa shape index (κ3) is 5.90. The Morgan fingerprint density at radius 2 is 2.00 bits per heavy atom. The van der Waals surface area contributed by atoms with Gasteiger partial charge in [0.25, 0.3) is 5.91 Å². The van der Waals surface area contributed by atoms with Crippen LogP contribution in [0.1, 0.15) is 29.4 Å². The van der Waals surface area contributed by atoms with Crippen LogP contribution < -0.4 is 11.1 Å². The van der Waals surface area contributed by atoms with Gasteiger partial charge in [0.15, 0.2) is 5.13 Å². The Morgan fingerprint density at radius 1 is 1.30 bits per heavy atom. The SMILES string of the molecule is CC1CC(CN)CN1C(=O)Cc1csc(NC(=O)c2ccccc2)n1.Cl.Cl. The lowest BCUT2D eigenvalue weighted by molar-refractivity contribution is -0.131. The smallest absolute Gasteiger partial charge is 0.257 e. The Morgan fingerprint density at radius 3 is 2.63 bits per heavy atom. The zero-order chi connectivity index (χ0) is 17.8. The van der Waals surface area contributed by atoms with Crippen molar-refractivity contribution in [2.75, 3.05) is 18.4 Å². The van der Waals surface area contributed by atoms with Crippen molar-refractivity contribution in [2.45, 2.75) is 25.8 Å². The van der Waals surface area contributed by atoms with E-state index in [9.17, 15) is 9.59 Å². The number of aromatic nitrogens is 1. The number of nitrogens with one attached hydrogen (secondary N) is 1. The zero-order valence-electron chi connectivity index (χ0n) is 15.0. The first-order valence-corrected chi connectivity index (χ1v) is 9.25. The van der Waals surface area contributed by atoms with Gasteiger partial charge in [0, 0.05) is 23.5 Å². The molecule has 0 spiro atoms. The Balaban J connectivity index is 0.00000182. The van der Waals surface area contributed by atoms with E-state index in [1.807, 2.05) is 28.5 Å². The van der Waals surface area contributed by atoms with Gasteiger partial charge in [0.1, 0.15) is 0 Å². The number of nitrogens with two attached hydrogens (primary N) is 1. The van der Waals surface area contributed by atoms with Crippen LogP contribution in [0, 0.1) is 5.92 Å². The molecule has 1 aromatic heterocycles. The minimum atomic E-state index is -0.202. The molecule has 148 valence electrons.